The Morgan fingerprint density at radius 1 is 1.33 bits per heavy atom. The van der Waals surface area contributed by atoms with Gasteiger partial charge in [0.05, 0.1) is 7.11 Å². The van der Waals surface area contributed by atoms with Crippen molar-refractivity contribution >= 4 is 11.6 Å². The Balaban J connectivity index is 1.94. The van der Waals surface area contributed by atoms with Crippen LogP contribution in [0.25, 0.3) is 0 Å². The lowest BCUT2D eigenvalue weighted by atomic mass is 10.2. The number of carbonyl (C=O) groups excluding carboxylic acids is 1. The maximum absolute atomic E-state index is 12.3. The van der Waals surface area contributed by atoms with E-state index in [2.05, 4.69) is 10.2 Å². The molecule has 24 heavy (non-hydrogen) atoms. The minimum Gasteiger partial charge on any atom is -0.497 e. The molecular formula is C17H23N5O2. The largest absolute Gasteiger partial charge is 0.497 e. The molecule has 1 heterocycles. The molecule has 7 heteroatoms. The molecule has 0 bridgehead atoms. The number of ether oxygens (including phenoxy) is 1. The third-order valence-electron chi connectivity index (χ3n) is 3.88. The second kappa shape index (κ2) is 8.91. The van der Waals surface area contributed by atoms with Gasteiger partial charge in [0, 0.05) is 51.2 Å². The molecule has 0 aliphatic carbocycles. The standard InChI is InChI=1S/C17H23N5O2/c1-24-16-4-2-15(3-5-16)20-17(23)14(12-19)13-22-10-8-21(7-6-18)9-11-22/h2-5,13H,6-11,18H2,1H3,(H,20,23)/b14-13-. The number of nitrogens with two attached hydrogens (primary N) is 1. The molecule has 0 unspecified atom stereocenters. The van der Waals surface area contributed by atoms with E-state index >= 15 is 0 Å². The lowest BCUT2D eigenvalue weighted by Gasteiger charge is -2.33. The van der Waals surface area contributed by atoms with Crippen LogP contribution < -0.4 is 15.8 Å². The smallest absolute Gasteiger partial charge is 0.267 e. The van der Waals surface area contributed by atoms with Crippen LogP contribution in [0, 0.1) is 11.3 Å². The topological polar surface area (TPSA) is 94.6 Å². The highest BCUT2D eigenvalue weighted by molar-refractivity contribution is 6.06. The number of carbonyl (C=O) groups is 1. The second-order valence-corrected chi connectivity index (χ2v) is 5.50. The average molecular weight is 329 g/mol. The van der Waals surface area contributed by atoms with Crippen LogP contribution in [0.2, 0.25) is 0 Å². The first-order chi connectivity index (χ1) is 11.7. The third kappa shape index (κ3) is 4.98. The number of piperazine rings is 1. The highest BCUT2D eigenvalue weighted by Crippen LogP contribution is 2.16. The average Bonchev–Trinajstić information content (AvgIpc) is 2.62. The Labute approximate surface area is 142 Å². The fourth-order valence-electron chi connectivity index (χ4n) is 2.49. The fraction of sp³-hybridized carbons (Fsp3) is 0.412. The first-order valence-electron chi connectivity index (χ1n) is 7.90. The predicted octanol–water partition coefficient (Wildman–Crippen LogP) is 0.617. The van der Waals surface area contributed by atoms with Crippen LogP contribution in [-0.2, 0) is 4.79 Å². The normalized spacial score (nSPS) is 15.7. The van der Waals surface area contributed by atoms with Crippen molar-refractivity contribution in [2.45, 2.75) is 0 Å². The number of nitrogens with zero attached hydrogens (tertiary/aromatic N) is 3. The molecule has 3 N–H and O–H groups in total. The van der Waals surface area contributed by atoms with Gasteiger partial charge in [-0.05, 0) is 24.3 Å². The molecule has 1 aliphatic rings. The zero-order valence-corrected chi connectivity index (χ0v) is 13.9. The van der Waals surface area contributed by atoms with E-state index in [1.165, 1.54) is 0 Å². The molecule has 1 fully saturated rings. The molecule has 1 saturated heterocycles. The first-order valence-corrected chi connectivity index (χ1v) is 7.90. The summed E-state index contributed by atoms with van der Waals surface area (Å²) >= 11 is 0. The number of methoxy groups -OCH3 is 1. The lowest BCUT2D eigenvalue weighted by molar-refractivity contribution is -0.112. The van der Waals surface area contributed by atoms with Crippen molar-refractivity contribution in [1.82, 2.24) is 9.80 Å². The minimum absolute atomic E-state index is 0.0955. The monoisotopic (exact) mass is 329 g/mol. The van der Waals surface area contributed by atoms with Crippen molar-refractivity contribution in [3.63, 3.8) is 0 Å². The summed E-state index contributed by atoms with van der Waals surface area (Å²) in [6.45, 7) is 4.84. The summed E-state index contributed by atoms with van der Waals surface area (Å²) in [5.41, 5.74) is 6.27. The first kappa shape index (κ1) is 17.8. The van der Waals surface area contributed by atoms with Gasteiger partial charge in [-0.25, -0.2) is 0 Å². The van der Waals surface area contributed by atoms with Crippen molar-refractivity contribution in [2.75, 3.05) is 51.7 Å². The number of hydrogen-bond acceptors (Lipinski definition) is 6. The van der Waals surface area contributed by atoms with E-state index in [0.717, 1.165) is 32.7 Å². The molecule has 2 rings (SSSR count). The number of nitrogens with one attached hydrogen (secondary N) is 1. The Morgan fingerprint density at radius 3 is 2.54 bits per heavy atom. The van der Waals surface area contributed by atoms with Crippen LogP contribution in [0.5, 0.6) is 5.75 Å². The van der Waals surface area contributed by atoms with Crippen LogP contribution in [0.3, 0.4) is 0 Å². The van der Waals surface area contributed by atoms with Gasteiger partial charge in [-0.15, -0.1) is 0 Å². The van der Waals surface area contributed by atoms with Gasteiger partial charge in [0.1, 0.15) is 17.4 Å². The number of nitriles is 1. The number of anilines is 1. The Morgan fingerprint density at radius 2 is 2.00 bits per heavy atom. The van der Waals surface area contributed by atoms with E-state index in [4.69, 9.17) is 10.5 Å². The zero-order chi connectivity index (χ0) is 17.4. The summed E-state index contributed by atoms with van der Waals surface area (Å²) in [6, 6.07) is 8.95. The Bertz CT molecular complexity index is 613. The van der Waals surface area contributed by atoms with Crippen LogP contribution in [0.4, 0.5) is 5.69 Å². The molecule has 7 nitrogen and oxygen atoms in total. The Hall–Kier alpha value is -2.56. The molecule has 0 spiro atoms. The fourth-order valence-corrected chi connectivity index (χ4v) is 2.49. The molecule has 1 aromatic carbocycles. The van der Waals surface area contributed by atoms with Gasteiger partial charge in [-0.3, -0.25) is 9.69 Å². The van der Waals surface area contributed by atoms with E-state index in [1.807, 2.05) is 11.0 Å². The lowest BCUT2D eigenvalue weighted by Crippen LogP contribution is -2.45. The second-order valence-electron chi connectivity index (χ2n) is 5.50. The molecule has 1 aliphatic heterocycles. The summed E-state index contributed by atoms with van der Waals surface area (Å²) in [4.78, 5) is 16.5. The van der Waals surface area contributed by atoms with Gasteiger partial charge in [0.2, 0.25) is 0 Å². The van der Waals surface area contributed by atoms with Crippen LogP contribution in [-0.4, -0.2) is 62.1 Å². The maximum Gasteiger partial charge on any atom is 0.267 e. The third-order valence-corrected chi connectivity index (χ3v) is 3.88. The van der Waals surface area contributed by atoms with Gasteiger partial charge in [-0.2, -0.15) is 5.26 Å². The summed E-state index contributed by atoms with van der Waals surface area (Å²) in [5, 5.41) is 12.0. The molecule has 1 amide bonds. The van der Waals surface area contributed by atoms with Gasteiger partial charge >= 0.3 is 0 Å². The summed E-state index contributed by atoms with van der Waals surface area (Å²) < 4.78 is 5.07. The van der Waals surface area contributed by atoms with E-state index < -0.39 is 5.91 Å². The number of rotatable bonds is 6. The zero-order valence-electron chi connectivity index (χ0n) is 13.9. The molecule has 0 saturated carbocycles. The van der Waals surface area contributed by atoms with Gasteiger partial charge in [0.25, 0.3) is 5.91 Å². The number of amides is 1. The number of hydrogen-bond donors (Lipinski definition) is 2. The maximum atomic E-state index is 12.3. The van der Waals surface area contributed by atoms with E-state index in [0.29, 0.717) is 18.0 Å². The van der Waals surface area contributed by atoms with Crippen LogP contribution >= 0.6 is 0 Å². The van der Waals surface area contributed by atoms with Gasteiger partial charge < -0.3 is 20.7 Å². The summed E-state index contributed by atoms with van der Waals surface area (Å²) in [6.07, 6.45) is 1.64. The highest BCUT2D eigenvalue weighted by atomic mass is 16.5. The Kier molecular flexibility index (Phi) is 6.61. The van der Waals surface area contributed by atoms with Crippen molar-refractivity contribution in [2.24, 2.45) is 5.73 Å². The van der Waals surface area contributed by atoms with Crippen LogP contribution in [0.1, 0.15) is 0 Å². The molecule has 0 aromatic heterocycles. The van der Waals surface area contributed by atoms with E-state index in [9.17, 15) is 10.1 Å². The predicted molar refractivity (Wildman–Crippen MR) is 92.4 cm³/mol. The van der Waals surface area contributed by atoms with Crippen molar-refractivity contribution in [3.8, 4) is 11.8 Å². The highest BCUT2D eigenvalue weighted by Gasteiger charge is 2.16. The SMILES string of the molecule is COc1ccc(NC(=O)/C(C#N)=C\N2CCN(CCN)CC2)cc1. The summed E-state index contributed by atoms with van der Waals surface area (Å²) in [7, 11) is 1.58. The van der Waals surface area contributed by atoms with E-state index in [-0.39, 0.29) is 5.57 Å². The minimum atomic E-state index is -0.410. The van der Waals surface area contributed by atoms with Crippen molar-refractivity contribution in [1.29, 1.82) is 5.26 Å². The molecular weight excluding hydrogens is 306 g/mol. The molecule has 1 aromatic rings. The molecule has 0 radical (unpaired) electrons. The van der Waals surface area contributed by atoms with Crippen LogP contribution in [0.15, 0.2) is 36.0 Å². The number of benzene rings is 1. The molecule has 128 valence electrons. The summed E-state index contributed by atoms with van der Waals surface area (Å²) in [5.74, 6) is 0.298. The quantitative estimate of drug-likeness (QED) is 0.587. The molecule has 0 atom stereocenters. The van der Waals surface area contributed by atoms with Crippen molar-refractivity contribution in [3.05, 3.63) is 36.0 Å². The van der Waals surface area contributed by atoms with E-state index in [1.54, 1.807) is 37.6 Å². The van der Waals surface area contributed by atoms with Crippen molar-refractivity contribution < 1.29 is 9.53 Å². The van der Waals surface area contributed by atoms with Gasteiger partial charge in [-0.1, -0.05) is 0 Å². The van der Waals surface area contributed by atoms with Gasteiger partial charge in [0.15, 0.2) is 0 Å².